The van der Waals surface area contributed by atoms with Crippen molar-refractivity contribution in [2.24, 2.45) is 5.73 Å². The number of benzene rings is 1. The number of nitrogens with two attached hydrogens (primary N) is 1. The summed E-state index contributed by atoms with van der Waals surface area (Å²) in [5.41, 5.74) is 5.06. The lowest BCUT2D eigenvalue weighted by molar-refractivity contribution is -0.274. The van der Waals surface area contributed by atoms with Crippen molar-refractivity contribution in [2.75, 3.05) is 13.2 Å². The number of hydrogen-bond donors (Lipinski definition) is 2. The van der Waals surface area contributed by atoms with Crippen LogP contribution in [-0.4, -0.2) is 25.7 Å². The molecule has 1 aromatic carbocycles. The monoisotopic (exact) mass is 317 g/mol. The van der Waals surface area contributed by atoms with Crippen LogP contribution in [0, 0.1) is 0 Å². The maximum absolute atomic E-state index is 12.9. The van der Waals surface area contributed by atoms with Crippen molar-refractivity contribution >= 4 is 22.5 Å². The van der Waals surface area contributed by atoms with Gasteiger partial charge in [0.1, 0.15) is 24.3 Å². The van der Waals surface area contributed by atoms with E-state index in [4.69, 9.17) is 10.5 Å². The van der Waals surface area contributed by atoms with Crippen LogP contribution in [0.15, 0.2) is 23.1 Å². The zero-order valence-electron chi connectivity index (χ0n) is 9.48. The van der Waals surface area contributed by atoms with E-state index < -0.39 is 18.3 Å². The molecule has 19 heavy (non-hydrogen) atoms. The molecule has 2 N–H and O–H groups in total. The molecule has 1 rings (SSSR count). The molecule has 0 unspecified atom stereocenters. The lowest BCUT2D eigenvalue weighted by atomic mass is 10.3. The Kier molecular flexibility index (Phi) is 6.08. The van der Waals surface area contributed by atoms with Gasteiger partial charge < -0.3 is 15.2 Å². The van der Waals surface area contributed by atoms with Crippen LogP contribution >= 0.6 is 22.5 Å². The standard InChI is InChI=1S/C10H11F4NO2S2/c11-6(4-15)5-16-7-1-8(17-10(12,13)14)3-9(2-7)19-18/h1-3,6,18H,4-5,15H2/t6-/m1/s1. The van der Waals surface area contributed by atoms with Gasteiger partial charge in [-0.15, -0.1) is 24.8 Å². The third kappa shape index (κ3) is 6.26. The maximum atomic E-state index is 12.9. The quantitative estimate of drug-likeness (QED) is 0.480. The highest BCUT2D eigenvalue weighted by molar-refractivity contribution is 8.68. The van der Waals surface area contributed by atoms with Crippen LogP contribution in [0.2, 0.25) is 0 Å². The predicted octanol–water partition coefficient (Wildman–Crippen LogP) is 3.20. The molecule has 0 aliphatic carbocycles. The smallest absolute Gasteiger partial charge is 0.490 e. The molecule has 0 amide bonds. The average molecular weight is 317 g/mol. The normalized spacial score (nSPS) is 13.2. The van der Waals surface area contributed by atoms with Gasteiger partial charge in [0.25, 0.3) is 0 Å². The Morgan fingerprint density at radius 1 is 1.26 bits per heavy atom. The van der Waals surface area contributed by atoms with Crippen LogP contribution in [-0.2, 0) is 0 Å². The number of ether oxygens (including phenoxy) is 2. The van der Waals surface area contributed by atoms with E-state index in [-0.39, 0.29) is 18.9 Å². The minimum Gasteiger partial charge on any atom is -0.490 e. The second-order valence-electron chi connectivity index (χ2n) is 3.42. The van der Waals surface area contributed by atoms with E-state index in [1.165, 1.54) is 6.07 Å². The Morgan fingerprint density at radius 3 is 2.42 bits per heavy atom. The Bertz CT molecular complexity index is 417. The first kappa shape index (κ1) is 16.3. The number of halogens is 4. The van der Waals surface area contributed by atoms with Gasteiger partial charge in [0.15, 0.2) is 0 Å². The highest BCUT2D eigenvalue weighted by atomic mass is 33.1. The zero-order chi connectivity index (χ0) is 14.5. The molecule has 1 aromatic rings. The molecular formula is C10H11F4NO2S2. The fraction of sp³-hybridized carbons (Fsp3) is 0.400. The molecule has 3 nitrogen and oxygen atoms in total. The third-order valence-corrected chi connectivity index (χ3v) is 2.96. The molecule has 0 spiro atoms. The molecule has 0 fully saturated rings. The number of thiol groups is 1. The Hall–Kier alpha value is -0.800. The summed E-state index contributed by atoms with van der Waals surface area (Å²) < 4.78 is 58.0. The topological polar surface area (TPSA) is 44.5 Å². The summed E-state index contributed by atoms with van der Waals surface area (Å²) in [4.78, 5) is 0.378. The van der Waals surface area contributed by atoms with Crippen LogP contribution in [0.1, 0.15) is 0 Å². The first-order valence-corrected chi connectivity index (χ1v) is 6.90. The van der Waals surface area contributed by atoms with Gasteiger partial charge in [0.05, 0.1) is 0 Å². The molecule has 0 saturated heterocycles. The van der Waals surface area contributed by atoms with E-state index in [0.717, 1.165) is 22.9 Å². The summed E-state index contributed by atoms with van der Waals surface area (Å²) in [6, 6.07) is 3.59. The highest BCUT2D eigenvalue weighted by Gasteiger charge is 2.31. The predicted molar refractivity (Wildman–Crippen MR) is 67.4 cm³/mol. The number of rotatable bonds is 6. The zero-order valence-corrected chi connectivity index (χ0v) is 11.2. The van der Waals surface area contributed by atoms with Crippen molar-refractivity contribution in [3.05, 3.63) is 18.2 Å². The Balaban J connectivity index is 2.83. The van der Waals surface area contributed by atoms with Crippen molar-refractivity contribution in [1.29, 1.82) is 0 Å². The second kappa shape index (κ2) is 7.11. The summed E-state index contributed by atoms with van der Waals surface area (Å²) in [5.74, 6) is -0.404. The van der Waals surface area contributed by atoms with Gasteiger partial charge in [0.2, 0.25) is 0 Å². The van der Waals surface area contributed by atoms with Gasteiger partial charge in [-0.05, 0) is 12.1 Å². The highest BCUT2D eigenvalue weighted by Crippen LogP contribution is 2.33. The first-order chi connectivity index (χ1) is 8.84. The minimum absolute atomic E-state index is 0.0504. The van der Waals surface area contributed by atoms with Crippen LogP contribution in [0.5, 0.6) is 11.5 Å². The average Bonchev–Trinajstić information content (AvgIpc) is 2.33. The molecule has 0 heterocycles. The molecule has 0 bridgehead atoms. The van der Waals surface area contributed by atoms with Crippen molar-refractivity contribution < 1.29 is 27.0 Å². The van der Waals surface area contributed by atoms with Gasteiger partial charge in [-0.2, -0.15) is 0 Å². The van der Waals surface area contributed by atoms with E-state index in [0.29, 0.717) is 4.90 Å². The van der Waals surface area contributed by atoms with Gasteiger partial charge in [-0.1, -0.05) is 10.8 Å². The van der Waals surface area contributed by atoms with Gasteiger partial charge in [-0.3, -0.25) is 0 Å². The van der Waals surface area contributed by atoms with Crippen LogP contribution in [0.25, 0.3) is 0 Å². The van der Waals surface area contributed by atoms with E-state index in [2.05, 4.69) is 16.4 Å². The number of alkyl halides is 4. The fourth-order valence-corrected chi connectivity index (χ4v) is 1.78. The lowest BCUT2D eigenvalue weighted by Gasteiger charge is -2.13. The van der Waals surface area contributed by atoms with Crippen molar-refractivity contribution in [2.45, 2.75) is 17.4 Å². The van der Waals surface area contributed by atoms with Crippen LogP contribution in [0.3, 0.4) is 0 Å². The molecule has 0 saturated carbocycles. The fourth-order valence-electron chi connectivity index (χ4n) is 1.13. The van der Waals surface area contributed by atoms with Gasteiger partial charge in [-0.25, -0.2) is 4.39 Å². The van der Waals surface area contributed by atoms with Crippen LogP contribution in [0.4, 0.5) is 17.6 Å². The summed E-state index contributed by atoms with van der Waals surface area (Å²) in [5, 5.41) is 0. The molecular weight excluding hydrogens is 306 g/mol. The molecule has 0 aliphatic rings. The van der Waals surface area contributed by atoms with Crippen LogP contribution < -0.4 is 15.2 Å². The van der Waals surface area contributed by atoms with Gasteiger partial charge in [0, 0.05) is 17.5 Å². The van der Waals surface area contributed by atoms with Gasteiger partial charge >= 0.3 is 6.36 Å². The Labute approximate surface area is 116 Å². The third-order valence-electron chi connectivity index (χ3n) is 1.88. The summed E-state index contributed by atoms with van der Waals surface area (Å²) >= 11 is 3.87. The van der Waals surface area contributed by atoms with E-state index >= 15 is 0 Å². The molecule has 108 valence electrons. The maximum Gasteiger partial charge on any atom is 0.573 e. The summed E-state index contributed by atoms with van der Waals surface area (Å²) in [6.07, 6.45) is -6.20. The molecule has 9 heteroatoms. The first-order valence-electron chi connectivity index (χ1n) is 5.03. The summed E-state index contributed by atoms with van der Waals surface area (Å²) in [7, 11) is 0.912. The van der Waals surface area contributed by atoms with E-state index in [9.17, 15) is 17.6 Å². The minimum atomic E-state index is -4.81. The van der Waals surface area contributed by atoms with Crippen molar-refractivity contribution in [1.82, 2.24) is 0 Å². The molecule has 0 radical (unpaired) electrons. The largest absolute Gasteiger partial charge is 0.573 e. The van der Waals surface area contributed by atoms with Crippen molar-refractivity contribution in [3.63, 3.8) is 0 Å². The second-order valence-corrected chi connectivity index (χ2v) is 4.62. The summed E-state index contributed by atoms with van der Waals surface area (Å²) in [6.45, 7) is -0.574. The lowest BCUT2D eigenvalue weighted by Crippen LogP contribution is -2.22. The SMILES string of the molecule is NC[C@@H](F)COc1cc(OC(F)(F)F)cc(SS)c1. The van der Waals surface area contributed by atoms with Crippen molar-refractivity contribution in [3.8, 4) is 11.5 Å². The van der Waals surface area contributed by atoms with E-state index in [1.54, 1.807) is 0 Å². The molecule has 0 aromatic heterocycles. The molecule has 1 atom stereocenters. The Morgan fingerprint density at radius 2 is 1.89 bits per heavy atom. The number of hydrogen-bond acceptors (Lipinski definition) is 5. The molecule has 0 aliphatic heterocycles. The van der Waals surface area contributed by atoms with E-state index in [1.807, 2.05) is 0 Å².